The minimum absolute atomic E-state index is 0.114. The Kier molecular flexibility index (Phi) is 14.1. The van der Waals surface area contributed by atoms with Gasteiger partial charge in [0.25, 0.3) is 5.91 Å². The van der Waals surface area contributed by atoms with Gasteiger partial charge in [0.1, 0.15) is 16.9 Å². The van der Waals surface area contributed by atoms with E-state index in [1.165, 1.54) is 96.0 Å². The number of unbranched alkanes of at least 4 members (excludes halogenated alkanes) is 15. The summed E-state index contributed by atoms with van der Waals surface area (Å²) in [5, 5.41) is 0.646. The second-order valence-corrected chi connectivity index (χ2v) is 9.27. The van der Waals surface area contributed by atoms with Crippen molar-refractivity contribution >= 4 is 16.9 Å². The molecule has 0 aliphatic heterocycles. The Morgan fingerprint density at radius 2 is 1.35 bits per heavy atom. The molecule has 0 unspecified atom stereocenters. The molecule has 0 radical (unpaired) electrons. The summed E-state index contributed by atoms with van der Waals surface area (Å²) in [7, 11) is 0. The highest BCUT2D eigenvalue weighted by molar-refractivity contribution is 5.96. The molecule has 6 nitrogen and oxygen atoms in total. The first kappa shape index (κ1) is 27.9. The van der Waals surface area contributed by atoms with Crippen molar-refractivity contribution in [3.63, 3.8) is 0 Å². The largest absolute Gasteiger partial charge is 0.493 e. The number of nitrogen functional groups attached to an aromatic ring is 1. The van der Waals surface area contributed by atoms with Gasteiger partial charge in [0.2, 0.25) is 0 Å². The van der Waals surface area contributed by atoms with Crippen LogP contribution in [0.5, 0.6) is 5.75 Å². The maximum atomic E-state index is 11.9. The van der Waals surface area contributed by atoms with Gasteiger partial charge in [0.15, 0.2) is 0 Å². The summed E-state index contributed by atoms with van der Waals surface area (Å²) < 4.78 is 11.1. The fraction of sp³-hybridized carbons (Fsp3) is 0.643. The van der Waals surface area contributed by atoms with Crippen LogP contribution in [-0.4, -0.2) is 12.5 Å². The molecular formula is C28H44N2O4. The number of carbonyl (C=O) groups is 1. The van der Waals surface area contributed by atoms with Gasteiger partial charge in [0.05, 0.1) is 6.61 Å². The Morgan fingerprint density at radius 3 is 1.88 bits per heavy atom. The molecule has 0 atom stereocenters. The Bertz CT molecular complexity index is 894. The standard InChI is InChI=1S/C28H44N2O4/c1-2-3-4-5-6-7-8-9-10-11-12-13-14-15-16-17-20-33-24-19-18-23-21-25(27(31)30-29)28(32)34-26(23)22-24/h18-19,21-22H,2-17,20,29H2,1H3,(H,30,31). The molecule has 0 spiro atoms. The van der Waals surface area contributed by atoms with Gasteiger partial charge in [-0.05, 0) is 24.6 Å². The Balaban J connectivity index is 1.48. The number of benzene rings is 1. The summed E-state index contributed by atoms with van der Waals surface area (Å²) in [5.74, 6) is 5.09. The van der Waals surface area contributed by atoms with Crippen LogP contribution in [0.25, 0.3) is 11.0 Å². The minimum atomic E-state index is -0.717. The van der Waals surface area contributed by atoms with E-state index < -0.39 is 11.5 Å². The van der Waals surface area contributed by atoms with E-state index in [0.29, 0.717) is 23.3 Å². The van der Waals surface area contributed by atoms with E-state index in [0.717, 1.165) is 12.8 Å². The van der Waals surface area contributed by atoms with Crippen LogP contribution in [0.4, 0.5) is 0 Å². The third-order valence-electron chi connectivity index (χ3n) is 6.35. The smallest absolute Gasteiger partial charge is 0.349 e. The lowest BCUT2D eigenvalue weighted by Crippen LogP contribution is -2.33. The molecule has 1 amide bonds. The number of nitrogens with two attached hydrogens (primary N) is 1. The average Bonchev–Trinajstić information content (AvgIpc) is 2.85. The number of hydrazine groups is 1. The molecule has 6 heteroatoms. The maximum absolute atomic E-state index is 11.9. The molecule has 1 aromatic carbocycles. The monoisotopic (exact) mass is 472 g/mol. The van der Waals surface area contributed by atoms with Crippen LogP contribution < -0.4 is 21.6 Å². The molecule has 0 saturated heterocycles. The highest BCUT2D eigenvalue weighted by Gasteiger charge is 2.12. The summed E-state index contributed by atoms with van der Waals surface area (Å²) in [4.78, 5) is 23.6. The molecule has 1 heterocycles. The van der Waals surface area contributed by atoms with E-state index in [4.69, 9.17) is 15.0 Å². The van der Waals surface area contributed by atoms with Crippen LogP contribution in [0.3, 0.4) is 0 Å². The molecule has 3 N–H and O–H groups in total. The second-order valence-electron chi connectivity index (χ2n) is 9.27. The van der Waals surface area contributed by atoms with E-state index in [2.05, 4.69) is 6.92 Å². The third-order valence-corrected chi connectivity index (χ3v) is 6.35. The van der Waals surface area contributed by atoms with E-state index in [-0.39, 0.29) is 5.56 Å². The van der Waals surface area contributed by atoms with Gasteiger partial charge in [0, 0.05) is 11.5 Å². The Hall–Kier alpha value is -2.34. The van der Waals surface area contributed by atoms with Crippen LogP contribution in [0.15, 0.2) is 33.5 Å². The number of carbonyl (C=O) groups excluding carboxylic acids is 1. The van der Waals surface area contributed by atoms with E-state index in [1.54, 1.807) is 12.1 Å². The number of nitrogens with one attached hydrogen (secondary N) is 1. The van der Waals surface area contributed by atoms with Gasteiger partial charge in [-0.15, -0.1) is 0 Å². The van der Waals surface area contributed by atoms with Crippen molar-refractivity contribution in [2.75, 3.05) is 6.61 Å². The molecule has 190 valence electrons. The van der Waals surface area contributed by atoms with E-state index in [9.17, 15) is 9.59 Å². The normalized spacial score (nSPS) is 11.1. The van der Waals surface area contributed by atoms with Crippen molar-refractivity contribution < 1.29 is 13.9 Å². The van der Waals surface area contributed by atoms with Gasteiger partial charge in [-0.3, -0.25) is 10.2 Å². The molecule has 0 fully saturated rings. The lowest BCUT2D eigenvalue weighted by Gasteiger charge is -2.07. The predicted octanol–water partition coefficient (Wildman–Crippen LogP) is 7.04. The lowest BCUT2D eigenvalue weighted by atomic mass is 10.0. The van der Waals surface area contributed by atoms with Crippen molar-refractivity contribution in [1.29, 1.82) is 0 Å². The average molecular weight is 473 g/mol. The molecule has 0 aliphatic carbocycles. The first-order valence-corrected chi connectivity index (χ1v) is 13.4. The first-order valence-electron chi connectivity index (χ1n) is 13.4. The highest BCUT2D eigenvalue weighted by atomic mass is 16.5. The van der Waals surface area contributed by atoms with Crippen LogP contribution >= 0.6 is 0 Å². The number of hydrogen-bond acceptors (Lipinski definition) is 5. The minimum Gasteiger partial charge on any atom is -0.493 e. The van der Waals surface area contributed by atoms with E-state index in [1.807, 2.05) is 11.5 Å². The molecule has 2 rings (SSSR count). The number of rotatable bonds is 19. The highest BCUT2D eigenvalue weighted by Crippen LogP contribution is 2.21. The molecular weight excluding hydrogens is 428 g/mol. The SMILES string of the molecule is CCCCCCCCCCCCCCCCCCOc1ccc2cc(C(=O)NN)c(=O)oc2c1. The molecule has 0 bridgehead atoms. The zero-order valence-electron chi connectivity index (χ0n) is 21.0. The van der Waals surface area contributed by atoms with Gasteiger partial charge in [-0.25, -0.2) is 10.6 Å². The van der Waals surface area contributed by atoms with Crippen molar-refractivity contribution in [2.24, 2.45) is 5.84 Å². The van der Waals surface area contributed by atoms with Gasteiger partial charge < -0.3 is 9.15 Å². The van der Waals surface area contributed by atoms with Crippen molar-refractivity contribution in [1.82, 2.24) is 5.43 Å². The zero-order valence-corrected chi connectivity index (χ0v) is 21.0. The van der Waals surface area contributed by atoms with Crippen LogP contribution in [0.2, 0.25) is 0 Å². The number of hydrogen-bond donors (Lipinski definition) is 2. The zero-order chi connectivity index (χ0) is 24.4. The summed E-state index contributed by atoms with van der Waals surface area (Å²) in [6.45, 7) is 2.91. The van der Waals surface area contributed by atoms with Crippen molar-refractivity contribution in [2.45, 2.75) is 110 Å². The maximum Gasteiger partial charge on any atom is 0.349 e. The molecule has 2 aromatic rings. The van der Waals surface area contributed by atoms with Crippen LogP contribution in [0, 0.1) is 0 Å². The quantitative estimate of drug-likeness (QED) is 0.0752. The van der Waals surface area contributed by atoms with Crippen LogP contribution in [-0.2, 0) is 0 Å². The van der Waals surface area contributed by atoms with Crippen molar-refractivity contribution in [3.05, 3.63) is 40.2 Å². The fourth-order valence-corrected chi connectivity index (χ4v) is 4.26. The summed E-state index contributed by atoms with van der Waals surface area (Å²) >= 11 is 0. The number of ether oxygens (including phenoxy) is 1. The number of fused-ring (bicyclic) bond motifs is 1. The third kappa shape index (κ3) is 10.7. The predicted molar refractivity (Wildman–Crippen MR) is 139 cm³/mol. The summed E-state index contributed by atoms with van der Waals surface area (Å²) in [6, 6.07) is 6.75. The second kappa shape index (κ2) is 17.1. The lowest BCUT2D eigenvalue weighted by molar-refractivity contribution is 0.0950. The van der Waals surface area contributed by atoms with Gasteiger partial charge in [-0.1, -0.05) is 103 Å². The Labute approximate surface area is 204 Å². The Morgan fingerprint density at radius 1 is 0.824 bits per heavy atom. The summed E-state index contributed by atoms with van der Waals surface area (Å²) in [5.41, 5.74) is 1.51. The molecule has 0 aliphatic rings. The molecule has 0 saturated carbocycles. The fourth-order valence-electron chi connectivity index (χ4n) is 4.26. The van der Waals surface area contributed by atoms with Crippen molar-refractivity contribution in [3.8, 4) is 5.75 Å². The van der Waals surface area contributed by atoms with Crippen LogP contribution in [0.1, 0.15) is 120 Å². The van der Waals surface area contributed by atoms with Gasteiger partial charge >= 0.3 is 5.63 Å². The topological polar surface area (TPSA) is 94.6 Å². The van der Waals surface area contributed by atoms with Gasteiger partial charge in [-0.2, -0.15) is 0 Å². The van der Waals surface area contributed by atoms with E-state index >= 15 is 0 Å². The summed E-state index contributed by atoms with van der Waals surface area (Å²) in [6.07, 6.45) is 21.5. The molecule has 1 aromatic heterocycles. The first-order chi connectivity index (χ1) is 16.7. The molecule has 34 heavy (non-hydrogen) atoms. The number of amides is 1.